The first kappa shape index (κ1) is 33.3. The van der Waals surface area contributed by atoms with E-state index in [0.717, 1.165) is 28.9 Å². The van der Waals surface area contributed by atoms with Crippen molar-refractivity contribution in [1.82, 2.24) is 0 Å². The van der Waals surface area contributed by atoms with Gasteiger partial charge in [0.05, 0.1) is 4.88 Å². The van der Waals surface area contributed by atoms with Gasteiger partial charge >= 0.3 is 0 Å². The standard InChI is InChI=1S/C11H15NS.C11H16OS.C10H16S/c2*1-2-3-4-5-6-10-7-11(8-12)13-9-10;1-2-3-4-5-6-10-7-8-11-9-10/h7,9H,2-6H2,1H3;7-9H,2-6H2,1H3;7-9H,2-6H2,1H3. The smallest absolute Gasteiger partial charge is 0.160 e. The maximum atomic E-state index is 10.4. The average molecular weight is 558 g/mol. The number of unbranched alkanes of at least 4 members (excludes halogenated alkanes) is 9. The molecule has 0 aliphatic rings. The first-order valence-corrected chi connectivity index (χ1v) is 16.9. The Bertz CT molecular complexity index is 949. The number of hydrogen-bond donors (Lipinski definition) is 0. The van der Waals surface area contributed by atoms with Gasteiger partial charge in [-0.25, -0.2) is 0 Å². The van der Waals surface area contributed by atoms with Crippen molar-refractivity contribution in [1.29, 1.82) is 5.26 Å². The number of carbonyl (C=O) groups is 1. The number of thiophene rings is 3. The summed E-state index contributed by atoms with van der Waals surface area (Å²) in [6.45, 7) is 6.69. The highest BCUT2D eigenvalue weighted by Crippen LogP contribution is 2.17. The van der Waals surface area contributed by atoms with Gasteiger partial charge in [0.1, 0.15) is 10.9 Å². The minimum absolute atomic E-state index is 0.838. The van der Waals surface area contributed by atoms with Crippen LogP contribution in [0.25, 0.3) is 0 Å². The van der Waals surface area contributed by atoms with Crippen molar-refractivity contribution >= 4 is 40.3 Å². The molecule has 3 heterocycles. The number of rotatable bonds is 16. The molecule has 0 aliphatic heterocycles. The van der Waals surface area contributed by atoms with Crippen LogP contribution in [0.1, 0.15) is 129 Å². The van der Waals surface area contributed by atoms with E-state index < -0.39 is 0 Å². The summed E-state index contributed by atoms with van der Waals surface area (Å²) in [4.78, 5) is 12.1. The largest absolute Gasteiger partial charge is 0.297 e. The van der Waals surface area contributed by atoms with Crippen LogP contribution >= 0.6 is 34.0 Å². The molecule has 0 amide bonds. The van der Waals surface area contributed by atoms with Gasteiger partial charge in [-0.2, -0.15) is 16.6 Å². The molecule has 0 atom stereocenters. The summed E-state index contributed by atoms with van der Waals surface area (Å²) in [5.74, 6) is 0. The minimum atomic E-state index is 0.838. The fourth-order valence-electron chi connectivity index (χ4n) is 3.86. The topological polar surface area (TPSA) is 40.9 Å². The molecule has 2 nitrogen and oxygen atoms in total. The first-order valence-electron chi connectivity index (χ1n) is 14.2. The Labute approximate surface area is 238 Å². The van der Waals surface area contributed by atoms with E-state index >= 15 is 0 Å². The molecule has 3 aromatic rings. The highest BCUT2D eigenvalue weighted by molar-refractivity contribution is 7.11. The second kappa shape index (κ2) is 23.4. The van der Waals surface area contributed by atoms with Gasteiger partial charge in [0.25, 0.3) is 0 Å². The molecule has 5 heteroatoms. The molecule has 37 heavy (non-hydrogen) atoms. The van der Waals surface area contributed by atoms with Crippen molar-refractivity contribution in [3.05, 3.63) is 66.2 Å². The zero-order chi connectivity index (χ0) is 27.0. The lowest BCUT2D eigenvalue weighted by molar-refractivity contribution is 0.112. The molecule has 0 saturated carbocycles. The van der Waals surface area contributed by atoms with Gasteiger partial charge in [0.2, 0.25) is 0 Å². The third kappa shape index (κ3) is 17.4. The van der Waals surface area contributed by atoms with E-state index in [9.17, 15) is 4.79 Å². The molecule has 0 radical (unpaired) electrons. The second-order valence-corrected chi connectivity index (χ2v) is 12.1. The molecule has 3 aromatic heterocycles. The van der Waals surface area contributed by atoms with Crippen LogP contribution in [0.2, 0.25) is 0 Å². The molecule has 0 N–H and O–H groups in total. The Morgan fingerprint density at radius 2 is 1.24 bits per heavy atom. The Hall–Kier alpha value is -1.74. The summed E-state index contributed by atoms with van der Waals surface area (Å²) in [6.07, 6.45) is 20.3. The predicted octanol–water partition coefficient (Wildman–Crippen LogP) is 11.3. The highest BCUT2D eigenvalue weighted by Gasteiger charge is 1.99. The summed E-state index contributed by atoms with van der Waals surface area (Å²) in [5, 5.41) is 17.2. The fraction of sp³-hybridized carbons (Fsp3) is 0.562. The lowest BCUT2D eigenvalue weighted by Crippen LogP contribution is -1.82. The molecule has 204 valence electrons. The number of nitriles is 1. The molecular formula is C32H47NOS3. The van der Waals surface area contributed by atoms with Crippen LogP contribution in [0.4, 0.5) is 0 Å². The van der Waals surface area contributed by atoms with Crippen molar-refractivity contribution in [3.63, 3.8) is 0 Å². The quantitative estimate of drug-likeness (QED) is 0.130. The van der Waals surface area contributed by atoms with Crippen molar-refractivity contribution in [2.24, 2.45) is 0 Å². The van der Waals surface area contributed by atoms with Crippen LogP contribution in [0, 0.1) is 11.3 Å². The summed E-state index contributed by atoms with van der Waals surface area (Å²) < 4.78 is 0. The van der Waals surface area contributed by atoms with Gasteiger partial charge in [0.15, 0.2) is 6.29 Å². The van der Waals surface area contributed by atoms with E-state index in [-0.39, 0.29) is 0 Å². The minimum Gasteiger partial charge on any atom is -0.297 e. The van der Waals surface area contributed by atoms with Gasteiger partial charge in [-0.05, 0) is 94.9 Å². The van der Waals surface area contributed by atoms with E-state index in [4.69, 9.17) is 5.26 Å². The average Bonchev–Trinajstić information content (AvgIpc) is 3.70. The highest BCUT2D eigenvalue weighted by atomic mass is 32.1. The zero-order valence-corrected chi connectivity index (χ0v) is 25.8. The molecular weight excluding hydrogens is 511 g/mol. The molecule has 0 fully saturated rings. The molecule has 0 saturated heterocycles. The molecule has 3 rings (SSSR count). The van der Waals surface area contributed by atoms with Crippen LogP contribution in [0.3, 0.4) is 0 Å². The molecule has 0 aromatic carbocycles. The normalized spacial score (nSPS) is 10.1. The fourth-order valence-corrected chi connectivity index (χ4v) is 6.04. The third-order valence-electron chi connectivity index (χ3n) is 6.09. The first-order chi connectivity index (χ1) is 18.2. The number of aryl methyl sites for hydroxylation is 3. The molecule has 0 aliphatic carbocycles. The molecule has 0 unspecified atom stereocenters. The lowest BCUT2D eigenvalue weighted by atomic mass is 10.1. The van der Waals surface area contributed by atoms with Crippen molar-refractivity contribution in [3.8, 4) is 6.07 Å². The van der Waals surface area contributed by atoms with Crippen LogP contribution in [-0.4, -0.2) is 6.29 Å². The van der Waals surface area contributed by atoms with Crippen LogP contribution in [0.5, 0.6) is 0 Å². The Balaban J connectivity index is 0.000000279. The predicted molar refractivity (Wildman–Crippen MR) is 167 cm³/mol. The van der Waals surface area contributed by atoms with E-state index in [1.165, 1.54) is 100 Å². The van der Waals surface area contributed by atoms with E-state index in [1.807, 2.05) is 12.1 Å². The number of hydrogen-bond acceptors (Lipinski definition) is 5. The zero-order valence-electron chi connectivity index (χ0n) is 23.3. The van der Waals surface area contributed by atoms with Crippen molar-refractivity contribution in [2.75, 3.05) is 0 Å². The van der Waals surface area contributed by atoms with Crippen LogP contribution in [0.15, 0.2) is 39.7 Å². The Kier molecular flexibility index (Phi) is 21.0. The Morgan fingerprint density at radius 3 is 1.68 bits per heavy atom. The van der Waals surface area contributed by atoms with Gasteiger partial charge in [0, 0.05) is 0 Å². The second-order valence-electron chi connectivity index (χ2n) is 9.47. The van der Waals surface area contributed by atoms with Crippen molar-refractivity contribution < 1.29 is 4.79 Å². The van der Waals surface area contributed by atoms with Crippen molar-refractivity contribution in [2.45, 2.75) is 117 Å². The van der Waals surface area contributed by atoms with Gasteiger partial charge in [-0.15, -0.1) is 22.7 Å². The molecule has 0 bridgehead atoms. The lowest BCUT2D eigenvalue weighted by Gasteiger charge is -1.96. The van der Waals surface area contributed by atoms with Crippen LogP contribution < -0.4 is 0 Å². The van der Waals surface area contributed by atoms with Gasteiger partial charge in [-0.3, -0.25) is 4.79 Å². The summed E-state index contributed by atoms with van der Waals surface area (Å²) >= 11 is 4.90. The molecule has 0 spiro atoms. The summed E-state index contributed by atoms with van der Waals surface area (Å²) in [7, 11) is 0. The number of aldehydes is 1. The van der Waals surface area contributed by atoms with E-state index in [1.54, 1.807) is 34.0 Å². The van der Waals surface area contributed by atoms with Crippen LogP contribution in [-0.2, 0) is 19.3 Å². The van der Waals surface area contributed by atoms with Gasteiger partial charge in [-0.1, -0.05) is 78.6 Å². The van der Waals surface area contributed by atoms with E-state index in [2.05, 4.69) is 54.4 Å². The number of carbonyl (C=O) groups excluding carboxylic acids is 1. The number of nitrogens with zero attached hydrogens (tertiary/aromatic N) is 1. The summed E-state index contributed by atoms with van der Waals surface area (Å²) in [6, 6.07) is 8.41. The maximum Gasteiger partial charge on any atom is 0.160 e. The monoisotopic (exact) mass is 557 g/mol. The SMILES string of the molecule is CCCCCCc1ccsc1.CCCCCCc1csc(C#N)c1.CCCCCCc1csc(C=O)c1. The maximum absolute atomic E-state index is 10.4. The Morgan fingerprint density at radius 1 is 0.703 bits per heavy atom. The van der Waals surface area contributed by atoms with Gasteiger partial charge < -0.3 is 0 Å². The summed E-state index contributed by atoms with van der Waals surface area (Å²) in [5.41, 5.74) is 4.17. The third-order valence-corrected chi connectivity index (χ3v) is 8.61. The van der Waals surface area contributed by atoms with E-state index in [0.29, 0.717) is 0 Å².